The number of fused-ring (bicyclic) bond motifs is 3. The number of hydrogen-bond donors (Lipinski definition) is 1. The Bertz CT molecular complexity index is 1030. The van der Waals surface area contributed by atoms with E-state index in [9.17, 15) is 4.79 Å². The van der Waals surface area contributed by atoms with Crippen molar-refractivity contribution in [1.82, 2.24) is 3.30 Å². The van der Waals surface area contributed by atoms with Crippen molar-refractivity contribution in [3.63, 3.8) is 0 Å². The Kier molecular flexibility index (Phi) is 8.92. The summed E-state index contributed by atoms with van der Waals surface area (Å²) in [6.07, 6.45) is 0. The Morgan fingerprint density at radius 3 is 1.74 bits per heavy atom. The first-order valence-corrected chi connectivity index (χ1v) is 23.3. The number of hydrogen-bond acceptors (Lipinski definition) is 1. The number of carbonyl (C=O) groups excluding carboxylic acids is 1. The van der Waals surface area contributed by atoms with Crippen molar-refractivity contribution in [3.8, 4) is 11.1 Å². The van der Waals surface area contributed by atoms with E-state index >= 15 is 0 Å². The smallest absolute Gasteiger partial charge is 1.00 e. The second kappa shape index (κ2) is 10.6. The molecule has 0 aromatic heterocycles. The maximum absolute atomic E-state index is 13.5. The van der Waals surface area contributed by atoms with Gasteiger partial charge in [0.05, 0.1) is 0 Å². The van der Waals surface area contributed by atoms with Crippen LogP contribution in [0.3, 0.4) is 0 Å². The Labute approximate surface area is 207 Å². The summed E-state index contributed by atoms with van der Waals surface area (Å²) in [7, 11) is 0. The minimum atomic E-state index is -2.50. The standard InChI is InChI=1S/C13H9.C10H13NO.C2H7Si.2ClH.Hf/c1-3-7-12-10(5-1)9-11-6-2-4-8-13(11)12;1-6-4-7(2)9(10(11)12)8(3)5-6;1-3-2;;;/h1-9H;4-5H,1-3H3,(H2,11,12);3H,1-2H3;2*1H;/q;;;;;+3/p-3. The van der Waals surface area contributed by atoms with Gasteiger partial charge in [-0.25, -0.2) is 0 Å². The zero-order valence-electron chi connectivity index (χ0n) is 18.6. The van der Waals surface area contributed by atoms with E-state index < -0.39 is 26.9 Å². The summed E-state index contributed by atoms with van der Waals surface area (Å²) in [5, 5.41) is 0. The second-order valence-electron chi connectivity index (χ2n) is 8.45. The first-order valence-electron chi connectivity index (χ1n) is 10.3. The molecule has 0 unspecified atom stereocenters. The molecule has 1 N–H and O–H groups in total. The van der Waals surface area contributed by atoms with Gasteiger partial charge in [0.25, 0.3) is 0 Å². The van der Waals surface area contributed by atoms with Crippen LogP contribution in [0.15, 0.2) is 60.7 Å². The Balaban J connectivity index is 0.00000171. The van der Waals surface area contributed by atoms with E-state index in [1.807, 2.05) is 0 Å². The minimum Gasteiger partial charge on any atom is -1.00 e. The summed E-state index contributed by atoms with van der Waals surface area (Å²) >= 11 is -2.50. The molecule has 0 heterocycles. The van der Waals surface area contributed by atoms with Gasteiger partial charge in [-0.2, -0.15) is 0 Å². The molecule has 0 saturated carbocycles. The van der Waals surface area contributed by atoms with E-state index in [-0.39, 0.29) is 30.7 Å². The minimum absolute atomic E-state index is 0. The van der Waals surface area contributed by atoms with Gasteiger partial charge in [0, 0.05) is 0 Å². The average Bonchev–Trinajstić information content (AvgIpc) is 2.99. The third-order valence-electron chi connectivity index (χ3n) is 5.93. The molecular formula is C25H28Cl2HfNOSi. The molecule has 0 radical (unpaired) electrons. The number of rotatable bonds is 4. The fourth-order valence-corrected chi connectivity index (χ4v) is 26.2. The van der Waals surface area contributed by atoms with Crippen molar-refractivity contribution < 1.29 is 50.5 Å². The van der Waals surface area contributed by atoms with Crippen LogP contribution in [0.2, 0.25) is 13.1 Å². The monoisotopic (exact) mass is 636 g/mol. The van der Waals surface area contributed by atoms with Crippen LogP contribution in [-0.4, -0.2) is 11.9 Å². The largest absolute Gasteiger partial charge is 1.00 e. The van der Waals surface area contributed by atoms with Gasteiger partial charge in [0.2, 0.25) is 0 Å². The molecule has 1 amide bonds. The Morgan fingerprint density at radius 2 is 1.29 bits per heavy atom. The van der Waals surface area contributed by atoms with E-state index in [4.69, 9.17) is 0 Å². The van der Waals surface area contributed by atoms with Crippen LogP contribution in [0.25, 0.3) is 11.1 Å². The molecule has 0 spiro atoms. The zero-order valence-corrected chi connectivity index (χ0v) is 24.9. The molecule has 2 nitrogen and oxygen atoms in total. The Hall–Kier alpha value is -1.20. The van der Waals surface area contributed by atoms with Crippen molar-refractivity contribution in [3.05, 3.63) is 94.0 Å². The molecule has 4 rings (SSSR count). The zero-order chi connectivity index (χ0) is 20.7. The van der Waals surface area contributed by atoms with Gasteiger partial charge in [-0.3, -0.25) is 0 Å². The predicted molar refractivity (Wildman–Crippen MR) is 121 cm³/mol. The molecular weight excluding hydrogens is 608 g/mol. The summed E-state index contributed by atoms with van der Waals surface area (Å²) in [5.41, 5.74) is 9.88. The molecule has 31 heavy (non-hydrogen) atoms. The maximum Gasteiger partial charge on any atom is -1.00 e. The van der Waals surface area contributed by atoms with E-state index in [1.54, 1.807) is 0 Å². The molecule has 1 aliphatic rings. The molecule has 0 fully saturated rings. The summed E-state index contributed by atoms with van der Waals surface area (Å²) in [6, 6.07) is 21.9. The number of amides is 1. The van der Waals surface area contributed by atoms with Crippen LogP contribution < -0.4 is 28.1 Å². The Morgan fingerprint density at radius 1 is 0.839 bits per heavy atom. The number of nitrogens with one attached hydrogen (secondary N) is 1. The summed E-state index contributed by atoms with van der Waals surface area (Å²) < 4.78 is 4.13. The topological polar surface area (TPSA) is 29.1 Å². The first kappa shape index (κ1) is 26.1. The van der Waals surface area contributed by atoms with Gasteiger partial charge in [-0.15, -0.1) is 0 Å². The van der Waals surface area contributed by atoms with E-state index in [0.717, 1.165) is 16.7 Å². The number of benzene rings is 3. The number of halogens is 2. The summed E-state index contributed by atoms with van der Waals surface area (Å²) in [5.74, 6) is -0.838. The van der Waals surface area contributed by atoms with Crippen LogP contribution in [0.5, 0.6) is 0 Å². The van der Waals surface area contributed by atoms with Gasteiger partial charge >= 0.3 is 184 Å². The molecule has 161 valence electrons. The second-order valence-corrected chi connectivity index (χ2v) is 34.5. The third-order valence-corrected chi connectivity index (χ3v) is 30.8. The van der Waals surface area contributed by atoms with Crippen LogP contribution in [0.4, 0.5) is 0 Å². The molecule has 0 atom stereocenters. The van der Waals surface area contributed by atoms with Crippen LogP contribution in [0.1, 0.15) is 41.8 Å². The van der Waals surface area contributed by atoms with Crippen molar-refractivity contribution in [2.75, 3.05) is 0 Å². The van der Waals surface area contributed by atoms with Crippen molar-refractivity contribution in [2.24, 2.45) is 0 Å². The van der Waals surface area contributed by atoms with Crippen molar-refractivity contribution in [2.45, 2.75) is 37.5 Å². The summed E-state index contributed by atoms with van der Waals surface area (Å²) in [6.45, 7) is 11.1. The predicted octanol–water partition coefficient (Wildman–Crippen LogP) is -0.364. The van der Waals surface area contributed by atoms with E-state index in [0.29, 0.717) is 3.67 Å². The van der Waals surface area contributed by atoms with Gasteiger partial charge in [-0.05, 0) is 0 Å². The molecule has 0 saturated heterocycles. The maximum atomic E-state index is 13.5. The van der Waals surface area contributed by atoms with Crippen LogP contribution in [-0.2, 0) is 20.9 Å². The van der Waals surface area contributed by atoms with Gasteiger partial charge in [-0.1, -0.05) is 0 Å². The van der Waals surface area contributed by atoms with Crippen molar-refractivity contribution >= 4 is 11.9 Å². The van der Waals surface area contributed by atoms with Gasteiger partial charge in [0.1, 0.15) is 0 Å². The van der Waals surface area contributed by atoms with Crippen LogP contribution in [0, 0.1) is 20.8 Å². The quantitative estimate of drug-likeness (QED) is 0.390. The molecule has 3 aromatic rings. The molecule has 3 aromatic carbocycles. The van der Waals surface area contributed by atoms with E-state index in [2.05, 4.69) is 97.8 Å². The first-order chi connectivity index (χ1) is 13.9. The fraction of sp³-hybridized carbons (Fsp3) is 0.240. The molecule has 1 aliphatic carbocycles. The fourth-order valence-electron chi connectivity index (χ4n) is 4.77. The third kappa shape index (κ3) is 4.93. The number of carbonyl (C=O) groups is 1. The van der Waals surface area contributed by atoms with Gasteiger partial charge in [0.15, 0.2) is 0 Å². The van der Waals surface area contributed by atoms with Crippen LogP contribution >= 0.6 is 0 Å². The number of aryl methyl sites for hydroxylation is 3. The van der Waals surface area contributed by atoms with Gasteiger partial charge < -0.3 is 24.8 Å². The average molecular weight is 636 g/mol. The van der Waals surface area contributed by atoms with E-state index in [1.165, 1.54) is 27.8 Å². The molecule has 0 bridgehead atoms. The summed E-state index contributed by atoms with van der Waals surface area (Å²) in [4.78, 5) is 13.5. The SMILES string of the molecule is Cc1cc(C)c(C(=O)[NH][Hf+2]([CH]2c3ccccc3-c3ccccc32)[SiH](C)C)c(C)c1.[Cl-].[Cl-]. The molecule has 0 aliphatic heterocycles. The normalized spacial score (nSPS) is 11.8. The van der Waals surface area contributed by atoms with Crippen molar-refractivity contribution in [1.29, 1.82) is 0 Å². The molecule has 6 heteroatoms.